The van der Waals surface area contributed by atoms with Crippen molar-refractivity contribution in [3.8, 4) is 0 Å². The first-order valence-electron chi connectivity index (χ1n) is 8.13. The number of amides is 1. The van der Waals surface area contributed by atoms with Crippen LogP contribution in [-0.2, 0) is 24.3 Å². The van der Waals surface area contributed by atoms with Crippen molar-refractivity contribution in [3.05, 3.63) is 59.2 Å². The molecule has 2 aromatic carbocycles. The van der Waals surface area contributed by atoms with Gasteiger partial charge in [-0.25, -0.2) is 0 Å². The van der Waals surface area contributed by atoms with Crippen LogP contribution in [0, 0.1) is 0 Å². The molecule has 120 valence electrons. The Hall–Kier alpha value is -2.33. The molecule has 3 N–H and O–H groups in total. The van der Waals surface area contributed by atoms with Gasteiger partial charge in [-0.15, -0.1) is 0 Å². The van der Waals surface area contributed by atoms with Gasteiger partial charge in [0.2, 0.25) is 5.91 Å². The minimum Gasteiger partial charge on any atom is -0.399 e. The Morgan fingerprint density at radius 2 is 1.96 bits per heavy atom. The molecule has 0 bridgehead atoms. The molecule has 1 aliphatic rings. The number of benzene rings is 2. The lowest BCUT2D eigenvalue weighted by molar-refractivity contribution is -0.115. The van der Waals surface area contributed by atoms with Crippen molar-refractivity contribution in [3.63, 3.8) is 0 Å². The predicted octanol–water partition coefficient (Wildman–Crippen LogP) is 3.18. The summed E-state index contributed by atoms with van der Waals surface area (Å²) in [5, 5.41) is 3.07. The van der Waals surface area contributed by atoms with E-state index in [-0.39, 0.29) is 5.91 Å². The third kappa shape index (κ3) is 3.71. The van der Waals surface area contributed by atoms with Gasteiger partial charge in [-0.3, -0.25) is 9.69 Å². The third-order valence-electron chi connectivity index (χ3n) is 4.21. The Kier molecular flexibility index (Phi) is 4.63. The number of fused-ring (bicyclic) bond motifs is 1. The van der Waals surface area contributed by atoms with Crippen molar-refractivity contribution in [2.45, 2.75) is 32.9 Å². The second-order valence-electron chi connectivity index (χ2n) is 6.12. The number of nitrogen functional groups attached to an aromatic ring is 1. The van der Waals surface area contributed by atoms with Crippen molar-refractivity contribution in [2.75, 3.05) is 17.6 Å². The zero-order chi connectivity index (χ0) is 16.2. The number of nitrogens with zero attached hydrogens (tertiary/aromatic N) is 1. The SMILES string of the molecule is CCCN1Cc2cccc(NC(=O)Cc3ccc(N)cc3)c2C1. The molecular weight excluding hydrogens is 286 g/mol. The fourth-order valence-electron chi connectivity index (χ4n) is 3.10. The fraction of sp³-hybridized carbons (Fsp3) is 0.316. The van der Waals surface area contributed by atoms with Crippen molar-refractivity contribution in [1.29, 1.82) is 0 Å². The van der Waals surface area contributed by atoms with Crippen LogP contribution in [0.25, 0.3) is 0 Å². The molecule has 0 spiro atoms. The lowest BCUT2D eigenvalue weighted by Gasteiger charge is -2.13. The molecule has 3 rings (SSSR count). The molecular formula is C19H23N3O. The summed E-state index contributed by atoms with van der Waals surface area (Å²) in [5.74, 6) is 0.0112. The summed E-state index contributed by atoms with van der Waals surface area (Å²) < 4.78 is 0. The lowest BCUT2D eigenvalue weighted by atomic mass is 10.1. The van der Waals surface area contributed by atoms with Gasteiger partial charge in [-0.05, 0) is 47.9 Å². The maximum absolute atomic E-state index is 12.3. The van der Waals surface area contributed by atoms with Gasteiger partial charge in [0.1, 0.15) is 0 Å². The summed E-state index contributed by atoms with van der Waals surface area (Å²) in [4.78, 5) is 14.7. The zero-order valence-corrected chi connectivity index (χ0v) is 13.5. The Labute approximate surface area is 137 Å². The molecule has 0 saturated heterocycles. The minimum absolute atomic E-state index is 0.0112. The van der Waals surface area contributed by atoms with Crippen LogP contribution in [0.5, 0.6) is 0 Å². The van der Waals surface area contributed by atoms with Crippen LogP contribution in [0.15, 0.2) is 42.5 Å². The van der Waals surface area contributed by atoms with E-state index in [4.69, 9.17) is 5.73 Å². The first-order chi connectivity index (χ1) is 11.2. The normalized spacial score (nSPS) is 13.8. The monoisotopic (exact) mass is 309 g/mol. The predicted molar refractivity (Wildman–Crippen MR) is 94.0 cm³/mol. The van der Waals surface area contributed by atoms with Gasteiger partial charge in [-0.1, -0.05) is 31.2 Å². The van der Waals surface area contributed by atoms with E-state index in [1.165, 1.54) is 11.1 Å². The standard InChI is InChI=1S/C19H23N3O/c1-2-10-22-12-15-4-3-5-18(17(15)13-22)21-19(23)11-14-6-8-16(20)9-7-14/h3-9H,2,10-13,20H2,1H3,(H,21,23). The first kappa shape index (κ1) is 15.6. The molecule has 0 radical (unpaired) electrons. The van der Waals surface area contributed by atoms with Crippen LogP contribution >= 0.6 is 0 Å². The summed E-state index contributed by atoms with van der Waals surface area (Å²) in [7, 11) is 0. The van der Waals surface area contributed by atoms with Crippen molar-refractivity contribution in [2.24, 2.45) is 0 Å². The van der Waals surface area contributed by atoms with E-state index in [0.717, 1.165) is 37.3 Å². The number of nitrogens with two attached hydrogens (primary N) is 1. The Balaban J connectivity index is 1.68. The average Bonchev–Trinajstić information content (AvgIpc) is 2.94. The molecule has 0 aliphatic carbocycles. The van der Waals surface area contributed by atoms with Crippen molar-refractivity contribution in [1.82, 2.24) is 4.90 Å². The van der Waals surface area contributed by atoms with E-state index in [2.05, 4.69) is 23.2 Å². The number of hydrogen-bond acceptors (Lipinski definition) is 3. The number of carbonyl (C=O) groups excluding carboxylic acids is 1. The molecule has 0 saturated carbocycles. The van der Waals surface area contributed by atoms with Gasteiger partial charge in [0.15, 0.2) is 0 Å². The summed E-state index contributed by atoms with van der Waals surface area (Å²) >= 11 is 0. The molecule has 4 nitrogen and oxygen atoms in total. The summed E-state index contributed by atoms with van der Waals surface area (Å²) in [6.07, 6.45) is 1.51. The van der Waals surface area contributed by atoms with Crippen molar-refractivity contribution < 1.29 is 4.79 Å². The Bertz CT molecular complexity index is 694. The molecule has 2 aromatic rings. The fourth-order valence-corrected chi connectivity index (χ4v) is 3.10. The second kappa shape index (κ2) is 6.84. The van der Waals surface area contributed by atoms with Crippen molar-refractivity contribution >= 4 is 17.3 Å². The van der Waals surface area contributed by atoms with Gasteiger partial charge in [0, 0.05) is 24.5 Å². The van der Waals surface area contributed by atoms with Crippen LogP contribution < -0.4 is 11.1 Å². The quantitative estimate of drug-likeness (QED) is 0.834. The van der Waals surface area contributed by atoms with Gasteiger partial charge < -0.3 is 11.1 Å². The molecule has 4 heteroatoms. The van der Waals surface area contributed by atoms with Crippen LogP contribution in [0.4, 0.5) is 11.4 Å². The highest BCUT2D eigenvalue weighted by molar-refractivity contribution is 5.93. The zero-order valence-electron chi connectivity index (χ0n) is 13.5. The summed E-state index contributed by atoms with van der Waals surface area (Å²) in [6, 6.07) is 13.6. The number of hydrogen-bond donors (Lipinski definition) is 2. The number of nitrogens with one attached hydrogen (secondary N) is 1. The van der Waals surface area contributed by atoms with Crippen LogP contribution in [0.2, 0.25) is 0 Å². The van der Waals surface area contributed by atoms with Gasteiger partial charge in [-0.2, -0.15) is 0 Å². The summed E-state index contributed by atoms with van der Waals surface area (Å²) in [6.45, 7) is 5.18. The average molecular weight is 309 g/mol. The molecule has 0 fully saturated rings. The third-order valence-corrected chi connectivity index (χ3v) is 4.21. The molecule has 1 amide bonds. The molecule has 1 heterocycles. The van der Waals surface area contributed by atoms with E-state index in [9.17, 15) is 4.79 Å². The van der Waals surface area contributed by atoms with E-state index < -0.39 is 0 Å². The Morgan fingerprint density at radius 3 is 2.70 bits per heavy atom. The topological polar surface area (TPSA) is 58.4 Å². The number of carbonyl (C=O) groups is 1. The highest BCUT2D eigenvalue weighted by atomic mass is 16.1. The van der Waals surface area contributed by atoms with Gasteiger partial charge >= 0.3 is 0 Å². The van der Waals surface area contributed by atoms with E-state index >= 15 is 0 Å². The van der Waals surface area contributed by atoms with Crippen LogP contribution in [0.1, 0.15) is 30.0 Å². The minimum atomic E-state index is 0.0112. The number of anilines is 2. The van der Waals surface area contributed by atoms with Gasteiger partial charge in [0.05, 0.1) is 6.42 Å². The molecule has 0 atom stereocenters. The molecule has 23 heavy (non-hydrogen) atoms. The lowest BCUT2D eigenvalue weighted by Crippen LogP contribution is -2.18. The highest BCUT2D eigenvalue weighted by Crippen LogP contribution is 2.29. The molecule has 1 aliphatic heterocycles. The largest absolute Gasteiger partial charge is 0.399 e. The maximum atomic E-state index is 12.3. The maximum Gasteiger partial charge on any atom is 0.228 e. The number of rotatable bonds is 5. The van der Waals surface area contributed by atoms with Crippen LogP contribution in [-0.4, -0.2) is 17.4 Å². The van der Waals surface area contributed by atoms with Crippen LogP contribution in [0.3, 0.4) is 0 Å². The Morgan fingerprint density at radius 1 is 1.17 bits per heavy atom. The highest BCUT2D eigenvalue weighted by Gasteiger charge is 2.21. The summed E-state index contributed by atoms with van der Waals surface area (Å²) in [5.41, 5.74) is 10.9. The second-order valence-corrected chi connectivity index (χ2v) is 6.12. The van der Waals surface area contributed by atoms with E-state index in [1.54, 1.807) is 0 Å². The smallest absolute Gasteiger partial charge is 0.228 e. The van der Waals surface area contributed by atoms with E-state index in [1.807, 2.05) is 36.4 Å². The molecule has 0 unspecified atom stereocenters. The van der Waals surface area contributed by atoms with E-state index in [0.29, 0.717) is 12.1 Å². The first-order valence-corrected chi connectivity index (χ1v) is 8.13. The molecule has 0 aromatic heterocycles. The van der Waals surface area contributed by atoms with Gasteiger partial charge in [0.25, 0.3) is 0 Å².